The second-order valence-electron chi connectivity index (χ2n) is 4.70. The van der Waals surface area contributed by atoms with Gasteiger partial charge in [-0.1, -0.05) is 0 Å². The Kier molecular flexibility index (Phi) is 4.36. The summed E-state index contributed by atoms with van der Waals surface area (Å²) in [5.41, 5.74) is 0.911. The minimum absolute atomic E-state index is 0.00639. The zero-order valence-corrected chi connectivity index (χ0v) is 11.2. The molecule has 1 saturated heterocycles. The van der Waals surface area contributed by atoms with Crippen LogP contribution in [-0.4, -0.2) is 35.5 Å². The molecule has 1 aromatic rings. The van der Waals surface area contributed by atoms with E-state index in [1.54, 1.807) is 16.9 Å². The van der Waals surface area contributed by atoms with E-state index in [9.17, 15) is 4.79 Å². The standard InChI is InChI=1S/C13H22N4O/c1-3-16(4-2)12-8-13(18)17(15-9-12)10-11-6-5-7-14-11/h8-9,11,14H,3-7,10H2,1-2H3/t11-/m0/s1. The number of rotatable bonds is 5. The van der Waals surface area contributed by atoms with E-state index in [-0.39, 0.29) is 5.56 Å². The maximum Gasteiger partial charge on any atom is 0.268 e. The molecular formula is C13H22N4O. The van der Waals surface area contributed by atoms with Crippen LogP contribution in [0.1, 0.15) is 26.7 Å². The molecule has 2 heterocycles. The van der Waals surface area contributed by atoms with E-state index in [1.807, 2.05) is 0 Å². The zero-order valence-electron chi connectivity index (χ0n) is 11.2. The van der Waals surface area contributed by atoms with Crippen molar-refractivity contribution in [1.82, 2.24) is 15.1 Å². The third-order valence-corrected chi connectivity index (χ3v) is 3.54. The molecule has 0 radical (unpaired) electrons. The van der Waals surface area contributed by atoms with Crippen LogP contribution in [0.25, 0.3) is 0 Å². The highest BCUT2D eigenvalue weighted by Gasteiger charge is 2.15. The van der Waals surface area contributed by atoms with E-state index in [0.29, 0.717) is 12.6 Å². The summed E-state index contributed by atoms with van der Waals surface area (Å²) in [6.45, 7) is 7.68. The summed E-state index contributed by atoms with van der Waals surface area (Å²) in [5.74, 6) is 0. The Hall–Kier alpha value is -1.36. The molecule has 0 saturated carbocycles. The number of nitrogens with one attached hydrogen (secondary N) is 1. The maximum atomic E-state index is 12.0. The minimum atomic E-state index is -0.00639. The highest BCUT2D eigenvalue weighted by Crippen LogP contribution is 2.09. The van der Waals surface area contributed by atoms with Gasteiger partial charge in [-0.15, -0.1) is 0 Å². The van der Waals surface area contributed by atoms with Crippen molar-refractivity contribution in [2.45, 2.75) is 39.3 Å². The second-order valence-corrected chi connectivity index (χ2v) is 4.70. The van der Waals surface area contributed by atoms with E-state index in [1.165, 1.54) is 6.42 Å². The molecule has 1 fully saturated rings. The first-order chi connectivity index (χ1) is 8.74. The summed E-state index contributed by atoms with van der Waals surface area (Å²) < 4.78 is 1.57. The number of anilines is 1. The van der Waals surface area contributed by atoms with Gasteiger partial charge in [0.05, 0.1) is 18.4 Å². The third-order valence-electron chi connectivity index (χ3n) is 3.54. The van der Waals surface area contributed by atoms with Gasteiger partial charge in [0.25, 0.3) is 5.56 Å². The lowest BCUT2D eigenvalue weighted by atomic mass is 10.2. The third kappa shape index (κ3) is 2.90. The smallest absolute Gasteiger partial charge is 0.268 e. The molecule has 1 N–H and O–H groups in total. The summed E-state index contributed by atoms with van der Waals surface area (Å²) in [4.78, 5) is 14.1. The number of nitrogens with zero attached hydrogens (tertiary/aromatic N) is 3. The van der Waals surface area contributed by atoms with E-state index < -0.39 is 0 Å². The Labute approximate surface area is 108 Å². The van der Waals surface area contributed by atoms with Crippen LogP contribution in [-0.2, 0) is 6.54 Å². The quantitative estimate of drug-likeness (QED) is 0.841. The van der Waals surface area contributed by atoms with Gasteiger partial charge in [-0.2, -0.15) is 5.10 Å². The first-order valence-corrected chi connectivity index (χ1v) is 6.80. The first-order valence-electron chi connectivity index (χ1n) is 6.80. The lowest BCUT2D eigenvalue weighted by Gasteiger charge is -2.20. The lowest BCUT2D eigenvalue weighted by Crippen LogP contribution is -2.34. The molecule has 5 heteroatoms. The average molecular weight is 250 g/mol. The van der Waals surface area contributed by atoms with Crippen LogP contribution in [0.2, 0.25) is 0 Å². The molecule has 1 aliphatic heterocycles. The Morgan fingerprint density at radius 2 is 2.28 bits per heavy atom. The fraction of sp³-hybridized carbons (Fsp3) is 0.692. The summed E-state index contributed by atoms with van der Waals surface area (Å²) in [6, 6.07) is 2.09. The number of hydrogen-bond donors (Lipinski definition) is 1. The van der Waals surface area contributed by atoms with Gasteiger partial charge < -0.3 is 10.2 Å². The van der Waals surface area contributed by atoms with Crippen molar-refractivity contribution in [1.29, 1.82) is 0 Å². The van der Waals surface area contributed by atoms with Crippen molar-refractivity contribution in [3.63, 3.8) is 0 Å². The Balaban J connectivity index is 2.11. The highest BCUT2D eigenvalue weighted by atomic mass is 16.1. The monoisotopic (exact) mass is 250 g/mol. The Morgan fingerprint density at radius 1 is 1.50 bits per heavy atom. The van der Waals surface area contributed by atoms with Crippen molar-refractivity contribution in [2.24, 2.45) is 0 Å². The van der Waals surface area contributed by atoms with E-state index in [4.69, 9.17) is 0 Å². The van der Waals surface area contributed by atoms with E-state index in [0.717, 1.165) is 31.7 Å². The summed E-state index contributed by atoms with van der Waals surface area (Å²) in [7, 11) is 0. The lowest BCUT2D eigenvalue weighted by molar-refractivity contribution is 0.459. The molecule has 2 rings (SSSR count). The van der Waals surface area contributed by atoms with Gasteiger partial charge in [-0.3, -0.25) is 4.79 Å². The summed E-state index contributed by atoms with van der Waals surface area (Å²) in [5, 5.41) is 7.66. The molecule has 1 atom stereocenters. The largest absolute Gasteiger partial charge is 0.371 e. The first kappa shape index (κ1) is 13.1. The molecule has 5 nitrogen and oxygen atoms in total. The molecule has 0 amide bonds. The number of aromatic nitrogens is 2. The van der Waals surface area contributed by atoms with Crippen LogP contribution in [0.15, 0.2) is 17.1 Å². The van der Waals surface area contributed by atoms with Gasteiger partial charge in [0, 0.05) is 25.2 Å². The molecule has 18 heavy (non-hydrogen) atoms. The molecule has 1 aromatic heterocycles. The van der Waals surface area contributed by atoms with Crippen molar-refractivity contribution < 1.29 is 0 Å². The van der Waals surface area contributed by atoms with E-state index >= 15 is 0 Å². The van der Waals surface area contributed by atoms with Crippen LogP contribution in [0.4, 0.5) is 5.69 Å². The van der Waals surface area contributed by atoms with Gasteiger partial charge in [0.1, 0.15) is 0 Å². The number of hydrogen-bond acceptors (Lipinski definition) is 4. The predicted molar refractivity (Wildman–Crippen MR) is 73.1 cm³/mol. The van der Waals surface area contributed by atoms with Gasteiger partial charge in [0.15, 0.2) is 0 Å². The van der Waals surface area contributed by atoms with Gasteiger partial charge in [-0.25, -0.2) is 4.68 Å². The molecule has 100 valence electrons. The van der Waals surface area contributed by atoms with Crippen LogP contribution >= 0.6 is 0 Å². The van der Waals surface area contributed by atoms with E-state index in [2.05, 4.69) is 29.2 Å². The van der Waals surface area contributed by atoms with Crippen molar-refractivity contribution >= 4 is 5.69 Å². The molecule has 0 unspecified atom stereocenters. The van der Waals surface area contributed by atoms with Crippen molar-refractivity contribution in [3.05, 3.63) is 22.6 Å². The van der Waals surface area contributed by atoms with Crippen molar-refractivity contribution in [2.75, 3.05) is 24.5 Å². The normalized spacial score (nSPS) is 19.1. The molecule has 0 aliphatic carbocycles. The predicted octanol–water partition coefficient (Wildman–Crippen LogP) is 0.841. The molecule has 0 spiro atoms. The highest BCUT2D eigenvalue weighted by molar-refractivity contribution is 5.42. The van der Waals surface area contributed by atoms with Crippen LogP contribution < -0.4 is 15.8 Å². The van der Waals surface area contributed by atoms with Crippen LogP contribution in [0, 0.1) is 0 Å². The SMILES string of the molecule is CCN(CC)c1cnn(C[C@@H]2CCCN2)c(=O)c1. The maximum absolute atomic E-state index is 12.0. The second kappa shape index (κ2) is 6.00. The van der Waals surface area contributed by atoms with Crippen LogP contribution in [0.3, 0.4) is 0 Å². The molecule has 0 aromatic carbocycles. The minimum Gasteiger partial charge on any atom is -0.371 e. The average Bonchev–Trinajstić information content (AvgIpc) is 2.87. The Bertz CT molecular complexity index is 433. The molecule has 0 bridgehead atoms. The molecular weight excluding hydrogens is 228 g/mol. The fourth-order valence-electron chi connectivity index (χ4n) is 2.44. The fourth-order valence-corrected chi connectivity index (χ4v) is 2.44. The van der Waals surface area contributed by atoms with Gasteiger partial charge >= 0.3 is 0 Å². The van der Waals surface area contributed by atoms with Gasteiger partial charge in [0.2, 0.25) is 0 Å². The Morgan fingerprint density at radius 3 is 2.83 bits per heavy atom. The zero-order chi connectivity index (χ0) is 13.0. The summed E-state index contributed by atoms with van der Waals surface area (Å²) in [6.07, 6.45) is 4.12. The van der Waals surface area contributed by atoms with Gasteiger partial charge in [-0.05, 0) is 33.2 Å². The topological polar surface area (TPSA) is 50.2 Å². The van der Waals surface area contributed by atoms with Crippen molar-refractivity contribution in [3.8, 4) is 0 Å². The molecule has 1 aliphatic rings. The summed E-state index contributed by atoms with van der Waals surface area (Å²) >= 11 is 0. The van der Waals surface area contributed by atoms with Crippen LogP contribution in [0.5, 0.6) is 0 Å².